The minimum atomic E-state index is 0.1000. The molecule has 116 valence electrons. The molecule has 2 unspecified atom stereocenters. The molecule has 0 aromatic heterocycles. The molecular formula is C16H20Cl3NO. The molecule has 0 amide bonds. The van der Waals surface area contributed by atoms with Gasteiger partial charge in [0.2, 0.25) is 0 Å². The van der Waals surface area contributed by atoms with Crippen molar-refractivity contribution in [3.63, 3.8) is 0 Å². The lowest BCUT2D eigenvalue weighted by atomic mass is 9.58. The summed E-state index contributed by atoms with van der Waals surface area (Å²) in [6.07, 6.45) is 8.32. The monoisotopic (exact) mass is 347 g/mol. The zero-order valence-corrected chi connectivity index (χ0v) is 14.1. The Balaban J connectivity index is 1.82. The molecule has 5 heteroatoms. The average Bonchev–Trinajstić information content (AvgIpc) is 2.69. The van der Waals surface area contributed by atoms with Gasteiger partial charge in [0.1, 0.15) is 6.10 Å². The van der Waals surface area contributed by atoms with E-state index in [2.05, 4.69) is 0 Å². The number of nitrogens with two attached hydrogens (primary N) is 1. The van der Waals surface area contributed by atoms with Crippen molar-refractivity contribution in [3.8, 4) is 5.75 Å². The summed E-state index contributed by atoms with van der Waals surface area (Å²) in [5, 5.41) is 1.46. The van der Waals surface area contributed by atoms with Gasteiger partial charge in [-0.1, -0.05) is 60.5 Å². The average molecular weight is 349 g/mol. The standard InChI is InChI=1S/C16H20Cl3NO/c17-10-7-11(18)15(12(19)8-10)21-14-9-13(20)16(14)5-3-1-2-4-6-16/h7-8,13-14H,1-6,9,20H2. The van der Waals surface area contributed by atoms with E-state index < -0.39 is 0 Å². The molecule has 0 radical (unpaired) electrons. The number of halogens is 3. The van der Waals surface area contributed by atoms with Crippen LogP contribution >= 0.6 is 34.8 Å². The summed E-state index contributed by atoms with van der Waals surface area (Å²) < 4.78 is 6.18. The Labute approximate surface area is 140 Å². The molecule has 0 saturated heterocycles. The first kappa shape index (κ1) is 15.7. The molecule has 2 aliphatic rings. The second kappa shape index (κ2) is 6.16. The Morgan fingerprint density at radius 3 is 2.10 bits per heavy atom. The summed E-state index contributed by atoms with van der Waals surface area (Å²) in [6, 6.07) is 3.57. The highest BCUT2D eigenvalue weighted by molar-refractivity contribution is 6.40. The summed E-state index contributed by atoms with van der Waals surface area (Å²) in [4.78, 5) is 0. The SMILES string of the molecule is NC1CC(Oc2c(Cl)cc(Cl)cc2Cl)C12CCCCCC2. The molecule has 0 bridgehead atoms. The van der Waals surface area contributed by atoms with E-state index in [0.29, 0.717) is 20.8 Å². The van der Waals surface area contributed by atoms with Crippen LogP contribution in [0.3, 0.4) is 0 Å². The Morgan fingerprint density at radius 2 is 1.57 bits per heavy atom. The van der Waals surface area contributed by atoms with E-state index in [1.165, 1.54) is 25.7 Å². The molecule has 3 rings (SSSR count). The molecule has 0 aliphatic heterocycles. The van der Waals surface area contributed by atoms with Gasteiger partial charge in [0.15, 0.2) is 5.75 Å². The maximum absolute atomic E-state index is 6.33. The van der Waals surface area contributed by atoms with Crippen LogP contribution in [0.1, 0.15) is 44.9 Å². The van der Waals surface area contributed by atoms with Gasteiger partial charge < -0.3 is 10.5 Å². The fraction of sp³-hybridized carbons (Fsp3) is 0.625. The number of rotatable bonds is 2. The molecular weight excluding hydrogens is 329 g/mol. The van der Waals surface area contributed by atoms with E-state index in [1.54, 1.807) is 12.1 Å². The Kier molecular flexibility index (Phi) is 4.61. The fourth-order valence-corrected chi connectivity index (χ4v) is 4.71. The fourth-order valence-electron chi connectivity index (χ4n) is 3.81. The topological polar surface area (TPSA) is 35.2 Å². The smallest absolute Gasteiger partial charge is 0.157 e. The van der Waals surface area contributed by atoms with Crippen molar-refractivity contribution in [3.05, 3.63) is 27.2 Å². The number of hydrogen-bond donors (Lipinski definition) is 1. The summed E-state index contributed by atoms with van der Waals surface area (Å²) >= 11 is 18.4. The molecule has 2 fully saturated rings. The van der Waals surface area contributed by atoms with E-state index in [-0.39, 0.29) is 17.6 Å². The normalized spacial score (nSPS) is 28.0. The summed E-state index contributed by atoms with van der Waals surface area (Å²) in [6.45, 7) is 0. The van der Waals surface area contributed by atoms with Gasteiger partial charge in [0, 0.05) is 22.9 Å². The van der Waals surface area contributed by atoms with Crippen LogP contribution in [0.2, 0.25) is 15.1 Å². The highest BCUT2D eigenvalue weighted by atomic mass is 35.5. The third-order valence-electron chi connectivity index (χ3n) is 5.11. The summed E-state index contributed by atoms with van der Waals surface area (Å²) in [5.41, 5.74) is 6.43. The van der Waals surface area contributed by atoms with Gasteiger partial charge in [-0.3, -0.25) is 0 Å². The first-order chi connectivity index (χ1) is 10.0. The van der Waals surface area contributed by atoms with Gasteiger partial charge in [-0.25, -0.2) is 0 Å². The van der Waals surface area contributed by atoms with Crippen molar-refractivity contribution in [2.24, 2.45) is 11.1 Å². The molecule has 1 spiro atoms. The van der Waals surface area contributed by atoms with E-state index >= 15 is 0 Å². The lowest BCUT2D eigenvalue weighted by Gasteiger charge is -2.54. The lowest BCUT2D eigenvalue weighted by Crippen LogP contribution is -2.63. The molecule has 0 heterocycles. The van der Waals surface area contributed by atoms with E-state index in [1.807, 2.05) is 0 Å². The van der Waals surface area contributed by atoms with E-state index in [4.69, 9.17) is 45.3 Å². The van der Waals surface area contributed by atoms with Gasteiger partial charge in [-0.2, -0.15) is 0 Å². The van der Waals surface area contributed by atoms with E-state index in [0.717, 1.165) is 19.3 Å². The van der Waals surface area contributed by atoms with Gasteiger partial charge in [-0.15, -0.1) is 0 Å². The minimum Gasteiger partial charge on any atom is -0.487 e. The van der Waals surface area contributed by atoms with Gasteiger partial charge in [0.25, 0.3) is 0 Å². The Hall–Kier alpha value is -0.150. The molecule has 2 nitrogen and oxygen atoms in total. The van der Waals surface area contributed by atoms with Crippen LogP contribution in [-0.4, -0.2) is 12.1 Å². The van der Waals surface area contributed by atoms with Crippen molar-refractivity contribution >= 4 is 34.8 Å². The zero-order valence-electron chi connectivity index (χ0n) is 11.9. The Morgan fingerprint density at radius 1 is 1.00 bits per heavy atom. The van der Waals surface area contributed by atoms with Crippen LogP contribution in [0.25, 0.3) is 0 Å². The Bertz CT molecular complexity index is 503. The van der Waals surface area contributed by atoms with Crippen LogP contribution in [0.4, 0.5) is 0 Å². The van der Waals surface area contributed by atoms with Crippen molar-refractivity contribution < 1.29 is 4.74 Å². The highest BCUT2D eigenvalue weighted by Crippen LogP contribution is 2.52. The second-order valence-electron chi connectivity index (χ2n) is 6.29. The number of hydrogen-bond acceptors (Lipinski definition) is 2. The molecule has 2 aliphatic carbocycles. The van der Waals surface area contributed by atoms with Crippen LogP contribution in [0, 0.1) is 5.41 Å². The molecule has 2 atom stereocenters. The van der Waals surface area contributed by atoms with Crippen molar-refractivity contribution in [1.29, 1.82) is 0 Å². The largest absolute Gasteiger partial charge is 0.487 e. The van der Waals surface area contributed by atoms with Gasteiger partial charge >= 0.3 is 0 Å². The van der Waals surface area contributed by atoms with Crippen molar-refractivity contribution in [2.45, 2.75) is 57.1 Å². The van der Waals surface area contributed by atoms with E-state index in [9.17, 15) is 0 Å². The first-order valence-electron chi connectivity index (χ1n) is 7.60. The van der Waals surface area contributed by atoms with Gasteiger partial charge in [-0.05, 0) is 25.0 Å². The first-order valence-corrected chi connectivity index (χ1v) is 8.73. The van der Waals surface area contributed by atoms with Crippen molar-refractivity contribution in [1.82, 2.24) is 0 Å². The number of benzene rings is 1. The van der Waals surface area contributed by atoms with Gasteiger partial charge in [0.05, 0.1) is 10.0 Å². The second-order valence-corrected chi connectivity index (χ2v) is 7.55. The zero-order chi connectivity index (χ0) is 15.0. The van der Waals surface area contributed by atoms with Crippen molar-refractivity contribution in [2.75, 3.05) is 0 Å². The molecule has 2 N–H and O–H groups in total. The third kappa shape index (κ3) is 2.88. The van der Waals surface area contributed by atoms with Crippen LogP contribution < -0.4 is 10.5 Å². The highest BCUT2D eigenvalue weighted by Gasteiger charge is 2.54. The number of ether oxygens (including phenoxy) is 1. The lowest BCUT2D eigenvalue weighted by molar-refractivity contribution is -0.0769. The quantitative estimate of drug-likeness (QED) is 0.769. The van der Waals surface area contributed by atoms with Crippen LogP contribution in [0.5, 0.6) is 5.75 Å². The third-order valence-corrected chi connectivity index (χ3v) is 5.89. The maximum atomic E-state index is 6.33. The summed E-state index contributed by atoms with van der Waals surface area (Å²) in [5.74, 6) is 0.545. The predicted octanol–water partition coefficient (Wildman–Crippen LogP) is 5.47. The summed E-state index contributed by atoms with van der Waals surface area (Å²) in [7, 11) is 0. The molecule has 1 aromatic rings. The maximum Gasteiger partial charge on any atom is 0.157 e. The van der Waals surface area contributed by atoms with Crippen LogP contribution in [-0.2, 0) is 0 Å². The molecule has 2 saturated carbocycles. The molecule has 1 aromatic carbocycles. The molecule has 21 heavy (non-hydrogen) atoms. The predicted molar refractivity (Wildman–Crippen MR) is 88.6 cm³/mol. The van der Waals surface area contributed by atoms with Crippen LogP contribution in [0.15, 0.2) is 12.1 Å². The minimum absolute atomic E-state index is 0.1000.